The molecular weight excluding hydrogens is 566 g/mol. The van der Waals surface area contributed by atoms with Crippen molar-refractivity contribution in [2.45, 2.75) is 4.90 Å². The molecule has 1 amide bonds. The van der Waals surface area contributed by atoms with E-state index in [9.17, 15) is 23.1 Å². The van der Waals surface area contributed by atoms with Gasteiger partial charge < -0.3 is 24.8 Å². The molecule has 10 nitrogen and oxygen atoms in total. The summed E-state index contributed by atoms with van der Waals surface area (Å²) in [6.45, 7) is 2.78. The van der Waals surface area contributed by atoms with Gasteiger partial charge in [-0.05, 0) is 60.7 Å². The predicted molar refractivity (Wildman–Crippen MR) is 142 cm³/mol. The van der Waals surface area contributed by atoms with E-state index in [2.05, 4.69) is 30.9 Å². The average Bonchev–Trinajstić information content (AvgIpc) is 2.90. The third-order valence-corrected chi connectivity index (χ3v) is 7.57. The Morgan fingerprint density at radius 3 is 2.38 bits per heavy atom. The van der Waals surface area contributed by atoms with Gasteiger partial charge in [0, 0.05) is 34.5 Å². The van der Waals surface area contributed by atoms with Gasteiger partial charge >= 0.3 is 5.97 Å². The standard InChI is InChI=1S/C25H24BrN3O7S/c1-35-22-9-2-16(24(30)27-21-8-3-17(26)15-20(21)25(31)32)14-23(22)37(33,34)28-18-4-6-19(7-5-18)29-10-12-36-13-11-29/h2-9,14-15,28H,10-13H2,1H3,(H,27,30)(H,31,32). The third kappa shape index (κ3) is 6.21. The molecule has 1 aliphatic heterocycles. The van der Waals surface area contributed by atoms with E-state index in [1.807, 2.05) is 12.1 Å². The Morgan fingerprint density at radius 1 is 1.03 bits per heavy atom. The first kappa shape index (κ1) is 26.5. The highest BCUT2D eigenvalue weighted by Gasteiger charge is 2.23. The van der Waals surface area contributed by atoms with Gasteiger partial charge in [0.15, 0.2) is 0 Å². The zero-order chi connectivity index (χ0) is 26.6. The van der Waals surface area contributed by atoms with Gasteiger partial charge in [-0.1, -0.05) is 15.9 Å². The number of carbonyl (C=O) groups is 2. The highest BCUT2D eigenvalue weighted by atomic mass is 79.9. The van der Waals surface area contributed by atoms with Crippen LogP contribution in [0.1, 0.15) is 20.7 Å². The molecule has 1 aliphatic rings. The fourth-order valence-corrected chi connectivity index (χ4v) is 5.41. The second kappa shape index (κ2) is 11.2. The number of aromatic carboxylic acids is 1. The van der Waals surface area contributed by atoms with Crippen LogP contribution < -0.4 is 19.7 Å². The van der Waals surface area contributed by atoms with Crippen molar-refractivity contribution in [3.05, 3.63) is 76.3 Å². The Balaban J connectivity index is 1.57. The number of ether oxygens (including phenoxy) is 2. The van der Waals surface area contributed by atoms with Crippen LogP contribution in [0.15, 0.2) is 70.0 Å². The number of nitrogens with zero attached hydrogens (tertiary/aromatic N) is 1. The third-order valence-electron chi connectivity index (χ3n) is 5.67. The number of carboxylic acids is 1. The Hall–Kier alpha value is -3.61. The van der Waals surface area contributed by atoms with Crippen molar-refractivity contribution in [2.75, 3.05) is 48.4 Å². The molecule has 0 unspecified atom stereocenters. The molecule has 0 spiro atoms. The van der Waals surface area contributed by atoms with E-state index in [-0.39, 0.29) is 27.5 Å². The summed E-state index contributed by atoms with van der Waals surface area (Å²) in [7, 11) is -2.81. The summed E-state index contributed by atoms with van der Waals surface area (Å²) in [4.78, 5) is 26.4. The minimum atomic E-state index is -4.14. The van der Waals surface area contributed by atoms with Crippen LogP contribution in [0, 0.1) is 0 Å². The maximum atomic E-state index is 13.2. The Labute approximate surface area is 222 Å². The van der Waals surface area contributed by atoms with Gasteiger partial charge in [-0.2, -0.15) is 0 Å². The lowest BCUT2D eigenvalue weighted by Crippen LogP contribution is -2.36. The number of rotatable bonds is 8. The smallest absolute Gasteiger partial charge is 0.337 e. The second-order valence-electron chi connectivity index (χ2n) is 8.07. The quantitative estimate of drug-likeness (QED) is 0.358. The number of sulfonamides is 1. The van der Waals surface area contributed by atoms with Gasteiger partial charge in [0.05, 0.1) is 31.6 Å². The number of hydrogen-bond donors (Lipinski definition) is 3. The van der Waals surface area contributed by atoms with Crippen molar-refractivity contribution in [1.29, 1.82) is 0 Å². The molecule has 37 heavy (non-hydrogen) atoms. The Kier molecular flexibility index (Phi) is 8.00. The van der Waals surface area contributed by atoms with Crippen molar-refractivity contribution in [3.63, 3.8) is 0 Å². The molecule has 3 aromatic rings. The molecule has 4 rings (SSSR count). The van der Waals surface area contributed by atoms with Crippen molar-refractivity contribution in [2.24, 2.45) is 0 Å². The number of methoxy groups -OCH3 is 1. The molecule has 194 valence electrons. The van der Waals surface area contributed by atoms with Crippen LogP contribution in [-0.2, 0) is 14.8 Å². The SMILES string of the molecule is COc1ccc(C(=O)Nc2ccc(Br)cc2C(=O)O)cc1S(=O)(=O)Nc1ccc(N2CCOCC2)cc1. The van der Waals surface area contributed by atoms with E-state index in [1.54, 1.807) is 18.2 Å². The first-order chi connectivity index (χ1) is 17.7. The molecular formula is C25H24BrN3O7S. The normalized spacial score (nSPS) is 13.6. The molecule has 1 fully saturated rings. The fraction of sp³-hybridized carbons (Fsp3) is 0.200. The number of nitrogens with one attached hydrogen (secondary N) is 2. The summed E-state index contributed by atoms with van der Waals surface area (Å²) in [6.07, 6.45) is 0. The monoisotopic (exact) mass is 589 g/mol. The molecule has 0 aromatic heterocycles. The molecule has 0 radical (unpaired) electrons. The lowest BCUT2D eigenvalue weighted by atomic mass is 10.1. The van der Waals surface area contributed by atoms with Crippen LogP contribution >= 0.6 is 15.9 Å². The Morgan fingerprint density at radius 2 is 1.73 bits per heavy atom. The minimum absolute atomic E-state index is 0.00287. The highest BCUT2D eigenvalue weighted by molar-refractivity contribution is 9.10. The molecule has 3 aromatic carbocycles. The molecule has 12 heteroatoms. The van der Waals surface area contributed by atoms with Gasteiger partial charge in [-0.15, -0.1) is 0 Å². The summed E-state index contributed by atoms with van der Waals surface area (Å²) in [5, 5.41) is 12.0. The number of carbonyl (C=O) groups excluding carboxylic acids is 1. The van der Waals surface area contributed by atoms with Crippen molar-refractivity contribution in [3.8, 4) is 5.75 Å². The summed E-state index contributed by atoms with van der Waals surface area (Å²) in [5.74, 6) is -1.86. The van der Waals surface area contributed by atoms with E-state index in [0.29, 0.717) is 23.4 Å². The highest BCUT2D eigenvalue weighted by Crippen LogP contribution is 2.29. The maximum absolute atomic E-state index is 13.2. The lowest BCUT2D eigenvalue weighted by molar-refractivity contribution is 0.0698. The zero-order valence-electron chi connectivity index (χ0n) is 19.7. The number of anilines is 3. The fourth-order valence-electron chi connectivity index (χ4n) is 3.80. The molecule has 0 atom stereocenters. The van der Waals surface area contributed by atoms with Gasteiger partial charge in [0.2, 0.25) is 0 Å². The molecule has 1 heterocycles. The van der Waals surface area contributed by atoms with E-state index in [0.717, 1.165) is 18.8 Å². The van der Waals surface area contributed by atoms with Crippen LogP contribution in [0.3, 0.4) is 0 Å². The maximum Gasteiger partial charge on any atom is 0.337 e. The summed E-state index contributed by atoms with van der Waals surface area (Å²) in [6, 6.07) is 15.3. The number of amides is 1. The van der Waals surface area contributed by atoms with E-state index in [4.69, 9.17) is 9.47 Å². The van der Waals surface area contributed by atoms with Crippen LogP contribution in [-0.4, -0.2) is 58.8 Å². The van der Waals surface area contributed by atoms with E-state index >= 15 is 0 Å². The van der Waals surface area contributed by atoms with Gasteiger partial charge in [0.25, 0.3) is 15.9 Å². The second-order valence-corrected chi connectivity index (χ2v) is 10.6. The largest absolute Gasteiger partial charge is 0.495 e. The van der Waals surface area contributed by atoms with Gasteiger partial charge in [-0.25, -0.2) is 13.2 Å². The predicted octanol–water partition coefficient (Wildman–Crippen LogP) is 4.05. The van der Waals surface area contributed by atoms with Crippen LogP contribution in [0.2, 0.25) is 0 Å². The number of halogens is 1. The summed E-state index contributed by atoms with van der Waals surface area (Å²) in [5.41, 5.74) is 1.25. The number of morpholine rings is 1. The number of hydrogen-bond acceptors (Lipinski definition) is 7. The van der Waals surface area contributed by atoms with Crippen molar-refractivity contribution in [1.82, 2.24) is 0 Å². The Bertz CT molecular complexity index is 1420. The molecule has 0 aliphatic carbocycles. The van der Waals surface area contributed by atoms with Crippen molar-refractivity contribution < 1.29 is 32.6 Å². The summed E-state index contributed by atoms with van der Waals surface area (Å²) < 4.78 is 40.1. The van der Waals surface area contributed by atoms with Gasteiger partial charge in [-0.3, -0.25) is 9.52 Å². The average molecular weight is 590 g/mol. The first-order valence-corrected chi connectivity index (χ1v) is 13.4. The van der Waals surface area contributed by atoms with Crippen LogP contribution in [0.5, 0.6) is 5.75 Å². The summed E-state index contributed by atoms with van der Waals surface area (Å²) >= 11 is 3.20. The van der Waals surface area contributed by atoms with E-state index < -0.39 is 21.9 Å². The first-order valence-electron chi connectivity index (χ1n) is 11.2. The van der Waals surface area contributed by atoms with Crippen LogP contribution in [0.4, 0.5) is 17.1 Å². The molecule has 0 bridgehead atoms. The number of carboxylic acid groups (broad SMARTS) is 1. The van der Waals surface area contributed by atoms with E-state index in [1.165, 1.54) is 37.4 Å². The van der Waals surface area contributed by atoms with Crippen LogP contribution in [0.25, 0.3) is 0 Å². The minimum Gasteiger partial charge on any atom is -0.495 e. The zero-order valence-corrected chi connectivity index (χ0v) is 22.1. The number of benzene rings is 3. The van der Waals surface area contributed by atoms with Gasteiger partial charge in [0.1, 0.15) is 10.6 Å². The molecule has 0 saturated carbocycles. The topological polar surface area (TPSA) is 134 Å². The molecule has 3 N–H and O–H groups in total. The molecule has 1 saturated heterocycles. The lowest BCUT2D eigenvalue weighted by Gasteiger charge is -2.28. The van der Waals surface area contributed by atoms with Crippen molar-refractivity contribution >= 4 is 54.9 Å².